The van der Waals surface area contributed by atoms with Crippen LogP contribution in [0, 0.1) is 5.92 Å². The van der Waals surface area contributed by atoms with Crippen molar-refractivity contribution in [3.63, 3.8) is 0 Å². The predicted molar refractivity (Wildman–Crippen MR) is 88.9 cm³/mol. The van der Waals surface area contributed by atoms with Crippen LogP contribution < -0.4 is 11.1 Å². The molecule has 0 spiro atoms. The first-order valence-corrected chi connectivity index (χ1v) is 7.99. The summed E-state index contributed by atoms with van der Waals surface area (Å²) in [4.78, 5) is 24.9. The first-order valence-electron chi connectivity index (χ1n) is 7.99. The second-order valence-electron chi connectivity index (χ2n) is 6.02. The van der Waals surface area contributed by atoms with E-state index in [4.69, 9.17) is 5.73 Å². The highest BCUT2D eigenvalue weighted by atomic mass is 16.2. The molecule has 7 heteroatoms. The fraction of sp³-hybridized carbons (Fsp3) is 0.353. The van der Waals surface area contributed by atoms with Gasteiger partial charge in [0.1, 0.15) is 0 Å². The average molecular weight is 327 g/mol. The molecule has 2 heterocycles. The number of amides is 3. The van der Waals surface area contributed by atoms with Crippen LogP contribution in [0.3, 0.4) is 0 Å². The van der Waals surface area contributed by atoms with Gasteiger partial charge < -0.3 is 16.0 Å². The standard InChI is InChI=1S/C17H21N5O2/c18-16(23)15-6-7-21(12-15)17(24)19-8-14-9-20-22(11-14)10-13-4-2-1-3-5-13/h1-5,9,11,15H,6-8,10,12H2,(H2,18,23)(H,19,24)/t15-/m0/s1. The van der Waals surface area contributed by atoms with Gasteiger partial charge in [0.05, 0.1) is 18.7 Å². The summed E-state index contributed by atoms with van der Waals surface area (Å²) >= 11 is 0. The lowest BCUT2D eigenvalue weighted by Crippen LogP contribution is -2.39. The number of nitrogens with one attached hydrogen (secondary N) is 1. The molecule has 1 aliphatic heterocycles. The van der Waals surface area contributed by atoms with Gasteiger partial charge in [-0.1, -0.05) is 30.3 Å². The zero-order valence-electron chi connectivity index (χ0n) is 13.4. The number of carbonyl (C=O) groups excluding carboxylic acids is 2. The third kappa shape index (κ3) is 3.92. The van der Waals surface area contributed by atoms with Gasteiger partial charge in [-0.15, -0.1) is 0 Å². The summed E-state index contributed by atoms with van der Waals surface area (Å²) in [5, 5.41) is 7.17. The summed E-state index contributed by atoms with van der Waals surface area (Å²) in [7, 11) is 0. The van der Waals surface area contributed by atoms with Crippen molar-refractivity contribution in [2.45, 2.75) is 19.5 Å². The third-order valence-corrected chi connectivity index (χ3v) is 4.20. The molecule has 1 aliphatic rings. The van der Waals surface area contributed by atoms with Crippen molar-refractivity contribution in [2.24, 2.45) is 11.7 Å². The Balaban J connectivity index is 1.49. The van der Waals surface area contributed by atoms with E-state index in [2.05, 4.69) is 10.4 Å². The maximum absolute atomic E-state index is 12.1. The van der Waals surface area contributed by atoms with E-state index in [1.54, 1.807) is 11.1 Å². The Morgan fingerprint density at radius 2 is 2.04 bits per heavy atom. The molecular formula is C17H21N5O2. The Morgan fingerprint density at radius 1 is 1.25 bits per heavy atom. The van der Waals surface area contributed by atoms with Crippen LogP contribution in [0.2, 0.25) is 0 Å². The maximum atomic E-state index is 12.1. The van der Waals surface area contributed by atoms with Gasteiger partial charge in [-0.25, -0.2) is 4.79 Å². The lowest BCUT2D eigenvalue weighted by molar-refractivity contribution is -0.121. The fourth-order valence-electron chi connectivity index (χ4n) is 2.82. The van der Waals surface area contributed by atoms with Gasteiger partial charge in [0.15, 0.2) is 0 Å². The molecule has 2 aromatic rings. The molecular weight excluding hydrogens is 306 g/mol. The highest BCUT2D eigenvalue weighted by Gasteiger charge is 2.29. The molecule has 1 aromatic heterocycles. The summed E-state index contributed by atoms with van der Waals surface area (Å²) in [5.41, 5.74) is 7.39. The number of rotatable bonds is 5. The zero-order valence-corrected chi connectivity index (χ0v) is 13.4. The van der Waals surface area contributed by atoms with E-state index in [1.165, 1.54) is 5.56 Å². The average Bonchev–Trinajstić information content (AvgIpc) is 3.23. The van der Waals surface area contributed by atoms with Crippen molar-refractivity contribution < 1.29 is 9.59 Å². The van der Waals surface area contributed by atoms with Gasteiger partial charge in [-0.3, -0.25) is 9.48 Å². The number of likely N-dealkylation sites (tertiary alicyclic amines) is 1. The van der Waals surface area contributed by atoms with Crippen LogP contribution in [0.15, 0.2) is 42.7 Å². The van der Waals surface area contributed by atoms with E-state index in [-0.39, 0.29) is 17.9 Å². The summed E-state index contributed by atoms with van der Waals surface area (Å²) in [6.07, 6.45) is 4.31. The number of urea groups is 1. The van der Waals surface area contributed by atoms with E-state index in [1.807, 2.05) is 41.2 Å². The Bertz CT molecular complexity index is 713. The summed E-state index contributed by atoms with van der Waals surface area (Å²) in [5.74, 6) is -0.572. The molecule has 0 aliphatic carbocycles. The highest BCUT2D eigenvalue weighted by molar-refractivity contribution is 5.80. The summed E-state index contributed by atoms with van der Waals surface area (Å²) in [6.45, 7) is 2.06. The molecule has 3 N–H and O–H groups in total. The molecule has 1 fully saturated rings. The third-order valence-electron chi connectivity index (χ3n) is 4.20. The monoisotopic (exact) mass is 327 g/mol. The van der Waals surface area contributed by atoms with Gasteiger partial charge in [-0.2, -0.15) is 5.10 Å². The minimum absolute atomic E-state index is 0.172. The lowest BCUT2D eigenvalue weighted by Gasteiger charge is -2.16. The van der Waals surface area contributed by atoms with E-state index in [0.717, 1.165) is 5.56 Å². The smallest absolute Gasteiger partial charge is 0.317 e. The van der Waals surface area contributed by atoms with Crippen molar-refractivity contribution in [1.29, 1.82) is 0 Å². The zero-order chi connectivity index (χ0) is 16.9. The van der Waals surface area contributed by atoms with Crippen molar-refractivity contribution >= 4 is 11.9 Å². The fourth-order valence-corrected chi connectivity index (χ4v) is 2.82. The van der Waals surface area contributed by atoms with Crippen LogP contribution in [-0.4, -0.2) is 39.7 Å². The maximum Gasteiger partial charge on any atom is 0.317 e. The van der Waals surface area contributed by atoms with E-state index in [0.29, 0.717) is 32.6 Å². The number of carbonyl (C=O) groups is 2. The quantitative estimate of drug-likeness (QED) is 0.856. The van der Waals surface area contributed by atoms with Gasteiger partial charge in [0.2, 0.25) is 5.91 Å². The van der Waals surface area contributed by atoms with Crippen LogP contribution in [-0.2, 0) is 17.9 Å². The van der Waals surface area contributed by atoms with Crippen molar-refractivity contribution in [3.05, 3.63) is 53.9 Å². The number of hydrogen-bond donors (Lipinski definition) is 2. The topological polar surface area (TPSA) is 93.2 Å². The number of hydrogen-bond acceptors (Lipinski definition) is 3. The van der Waals surface area contributed by atoms with Crippen LogP contribution >= 0.6 is 0 Å². The highest BCUT2D eigenvalue weighted by Crippen LogP contribution is 2.15. The molecule has 0 saturated carbocycles. The number of aromatic nitrogens is 2. The Morgan fingerprint density at radius 3 is 2.75 bits per heavy atom. The molecule has 0 bridgehead atoms. The van der Waals surface area contributed by atoms with E-state index in [9.17, 15) is 9.59 Å². The Hall–Kier alpha value is -2.83. The van der Waals surface area contributed by atoms with Gasteiger partial charge >= 0.3 is 6.03 Å². The van der Waals surface area contributed by atoms with Crippen molar-refractivity contribution in [1.82, 2.24) is 20.0 Å². The van der Waals surface area contributed by atoms with E-state index >= 15 is 0 Å². The van der Waals surface area contributed by atoms with Crippen LogP contribution in [0.5, 0.6) is 0 Å². The number of primary amides is 1. The van der Waals surface area contributed by atoms with Gasteiger partial charge in [0, 0.05) is 31.4 Å². The first kappa shape index (κ1) is 16.0. The second kappa shape index (κ2) is 7.16. The Kier molecular flexibility index (Phi) is 4.79. The lowest BCUT2D eigenvalue weighted by atomic mass is 10.1. The van der Waals surface area contributed by atoms with Crippen LogP contribution in [0.1, 0.15) is 17.5 Å². The van der Waals surface area contributed by atoms with Crippen LogP contribution in [0.25, 0.3) is 0 Å². The molecule has 7 nitrogen and oxygen atoms in total. The number of nitrogens with zero attached hydrogens (tertiary/aromatic N) is 3. The SMILES string of the molecule is NC(=O)[C@H]1CCN(C(=O)NCc2cnn(Cc3ccccc3)c2)C1. The largest absolute Gasteiger partial charge is 0.369 e. The number of nitrogens with two attached hydrogens (primary N) is 1. The Labute approximate surface area is 140 Å². The van der Waals surface area contributed by atoms with Gasteiger partial charge in [0.25, 0.3) is 0 Å². The minimum Gasteiger partial charge on any atom is -0.369 e. The minimum atomic E-state index is -0.340. The summed E-state index contributed by atoms with van der Waals surface area (Å²) < 4.78 is 1.84. The molecule has 1 aromatic carbocycles. The normalized spacial score (nSPS) is 17.0. The molecule has 24 heavy (non-hydrogen) atoms. The molecule has 3 rings (SSSR count). The molecule has 3 amide bonds. The second-order valence-corrected chi connectivity index (χ2v) is 6.02. The first-order chi connectivity index (χ1) is 11.6. The molecule has 1 saturated heterocycles. The van der Waals surface area contributed by atoms with Crippen LogP contribution in [0.4, 0.5) is 4.79 Å². The summed E-state index contributed by atoms with van der Waals surface area (Å²) in [6, 6.07) is 9.89. The molecule has 0 unspecified atom stereocenters. The number of benzene rings is 1. The van der Waals surface area contributed by atoms with Crippen molar-refractivity contribution in [3.8, 4) is 0 Å². The van der Waals surface area contributed by atoms with E-state index < -0.39 is 0 Å². The predicted octanol–water partition coefficient (Wildman–Crippen LogP) is 0.948. The van der Waals surface area contributed by atoms with Crippen molar-refractivity contribution in [2.75, 3.05) is 13.1 Å². The molecule has 1 atom stereocenters. The van der Waals surface area contributed by atoms with Gasteiger partial charge in [-0.05, 0) is 12.0 Å². The molecule has 126 valence electrons. The molecule has 0 radical (unpaired) electrons.